The summed E-state index contributed by atoms with van der Waals surface area (Å²) in [7, 11) is 0. The molecule has 0 spiro atoms. The Hall–Kier alpha value is -3.02. The smallest absolute Gasteiger partial charge is 0.274 e. The van der Waals surface area contributed by atoms with Crippen LogP contribution in [-0.2, 0) is 13.0 Å². The number of fused-ring (bicyclic) bond motifs is 1. The summed E-state index contributed by atoms with van der Waals surface area (Å²) in [6, 6.07) is 24.9. The number of benzene rings is 3. The zero-order chi connectivity index (χ0) is 21.9. The molecule has 1 fully saturated rings. The highest BCUT2D eigenvalue weighted by Gasteiger charge is 2.26. The van der Waals surface area contributed by atoms with Gasteiger partial charge in [-0.05, 0) is 23.8 Å². The van der Waals surface area contributed by atoms with E-state index >= 15 is 0 Å². The summed E-state index contributed by atoms with van der Waals surface area (Å²) in [5.74, 6) is -0.249. The summed E-state index contributed by atoms with van der Waals surface area (Å²) in [6.07, 6.45) is 2.44. The van der Waals surface area contributed by atoms with Crippen molar-refractivity contribution in [2.24, 2.45) is 0 Å². The zero-order valence-electron chi connectivity index (χ0n) is 18.4. The number of hydrogen-bond acceptors (Lipinski definition) is 2. The number of aromatic nitrogens is 2. The standard InChI is InChI=1S/C27H26FN3O.ClH/c28-22-12-10-20(11-13-22)18-26-24-8-4-5-9-25(24)27(32)31(29-26)23-14-16-30(17-15-23)19-21-6-2-1-3-7-21;/h1-13,23H,14-19H2;1H. The minimum absolute atomic E-state index is 0. The summed E-state index contributed by atoms with van der Waals surface area (Å²) >= 11 is 0. The van der Waals surface area contributed by atoms with Crippen LogP contribution in [0.1, 0.15) is 35.7 Å². The highest BCUT2D eigenvalue weighted by atomic mass is 35.5. The molecule has 0 atom stereocenters. The van der Waals surface area contributed by atoms with Crippen molar-refractivity contribution >= 4 is 10.8 Å². The Bertz CT molecular complexity index is 1270. The molecule has 2 heterocycles. The summed E-state index contributed by atoms with van der Waals surface area (Å²) in [5.41, 5.74) is 3.19. The largest absolute Gasteiger partial charge is 1.00 e. The molecule has 0 unspecified atom stereocenters. The summed E-state index contributed by atoms with van der Waals surface area (Å²) in [6.45, 7) is 3.06. The van der Waals surface area contributed by atoms with Crippen molar-refractivity contribution in [3.05, 3.63) is 112 Å². The fourth-order valence-corrected chi connectivity index (χ4v) is 4.76. The van der Waals surface area contributed by atoms with Crippen molar-refractivity contribution in [2.75, 3.05) is 13.1 Å². The van der Waals surface area contributed by atoms with Crippen LogP contribution in [0.3, 0.4) is 0 Å². The highest BCUT2D eigenvalue weighted by molar-refractivity contribution is 5.83. The first-order valence-corrected chi connectivity index (χ1v) is 11.3. The molecular weight excluding hydrogens is 437 g/mol. The first-order chi connectivity index (χ1) is 15.7. The third-order valence-corrected chi connectivity index (χ3v) is 6.49. The maximum atomic E-state index is 13.3. The van der Waals surface area contributed by atoms with Crippen LogP contribution in [0.2, 0.25) is 0 Å². The van der Waals surface area contributed by atoms with Gasteiger partial charge in [0.1, 0.15) is 12.4 Å². The number of likely N-dealkylation sites (tertiary alicyclic amines) is 1. The van der Waals surface area contributed by atoms with Gasteiger partial charge in [0, 0.05) is 30.2 Å². The molecule has 0 aliphatic carbocycles. The molecular formula is C27H27ClFN3O. The van der Waals surface area contributed by atoms with Gasteiger partial charge in [0.2, 0.25) is 0 Å². The van der Waals surface area contributed by atoms with Crippen molar-refractivity contribution in [1.82, 2.24) is 9.78 Å². The second-order valence-corrected chi connectivity index (χ2v) is 8.69. The van der Waals surface area contributed by atoms with Gasteiger partial charge >= 0.3 is 0 Å². The van der Waals surface area contributed by atoms with E-state index < -0.39 is 0 Å². The van der Waals surface area contributed by atoms with E-state index in [0.717, 1.165) is 49.1 Å². The highest BCUT2D eigenvalue weighted by Crippen LogP contribution is 2.21. The molecule has 0 saturated carbocycles. The lowest BCUT2D eigenvalue weighted by Gasteiger charge is -2.30. The van der Waals surface area contributed by atoms with Crippen LogP contribution in [0.4, 0.5) is 4.39 Å². The van der Waals surface area contributed by atoms with Gasteiger partial charge in [0.05, 0.1) is 30.2 Å². The molecule has 5 rings (SSSR count). The minimum atomic E-state index is -0.249. The van der Waals surface area contributed by atoms with Crippen molar-refractivity contribution in [1.29, 1.82) is 0 Å². The Kier molecular flexibility index (Phi) is 7.21. The molecule has 1 aromatic heterocycles. The quantitative estimate of drug-likeness (QED) is 0.469. The molecule has 0 radical (unpaired) electrons. The minimum Gasteiger partial charge on any atom is -1.00 e. The summed E-state index contributed by atoms with van der Waals surface area (Å²) < 4.78 is 15.1. The molecule has 33 heavy (non-hydrogen) atoms. The molecule has 1 saturated heterocycles. The average Bonchev–Trinajstić information content (AvgIpc) is 2.84. The fourth-order valence-electron chi connectivity index (χ4n) is 4.76. The molecule has 0 amide bonds. The van der Waals surface area contributed by atoms with E-state index in [1.165, 1.54) is 17.7 Å². The lowest BCUT2D eigenvalue weighted by atomic mass is 10.0. The van der Waals surface area contributed by atoms with Gasteiger partial charge < -0.3 is 17.3 Å². The Morgan fingerprint density at radius 1 is 0.848 bits per heavy atom. The van der Waals surface area contributed by atoms with Crippen LogP contribution in [-0.4, -0.2) is 22.9 Å². The zero-order valence-corrected chi connectivity index (χ0v) is 19.1. The number of hydrogen-bond donors (Lipinski definition) is 1. The van der Waals surface area contributed by atoms with Gasteiger partial charge in [-0.1, -0.05) is 60.7 Å². The molecule has 4 nitrogen and oxygen atoms in total. The number of quaternary nitrogens is 1. The number of rotatable bonds is 5. The van der Waals surface area contributed by atoms with Crippen molar-refractivity contribution < 1.29 is 21.7 Å². The monoisotopic (exact) mass is 463 g/mol. The average molecular weight is 464 g/mol. The Morgan fingerprint density at radius 3 is 2.18 bits per heavy atom. The third-order valence-electron chi connectivity index (χ3n) is 6.49. The van der Waals surface area contributed by atoms with E-state index in [9.17, 15) is 9.18 Å². The van der Waals surface area contributed by atoms with Gasteiger partial charge in [0.25, 0.3) is 5.56 Å². The second-order valence-electron chi connectivity index (χ2n) is 8.69. The van der Waals surface area contributed by atoms with Gasteiger partial charge in [-0.2, -0.15) is 5.10 Å². The van der Waals surface area contributed by atoms with E-state index in [1.54, 1.807) is 21.7 Å². The number of nitrogens with one attached hydrogen (secondary N) is 1. The Morgan fingerprint density at radius 2 is 1.48 bits per heavy atom. The lowest BCUT2D eigenvalue weighted by molar-refractivity contribution is -0.919. The molecule has 1 N–H and O–H groups in total. The van der Waals surface area contributed by atoms with Gasteiger partial charge in [-0.15, -0.1) is 0 Å². The van der Waals surface area contributed by atoms with Gasteiger partial charge in [-0.25, -0.2) is 9.07 Å². The first kappa shape index (κ1) is 23.1. The molecule has 170 valence electrons. The van der Waals surface area contributed by atoms with Gasteiger partial charge in [-0.3, -0.25) is 4.79 Å². The van der Waals surface area contributed by atoms with E-state index in [0.29, 0.717) is 11.8 Å². The van der Waals surface area contributed by atoms with Crippen LogP contribution in [0.5, 0.6) is 0 Å². The predicted molar refractivity (Wildman–Crippen MR) is 124 cm³/mol. The van der Waals surface area contributed by atoms with Gasteiger partial charge in [0.15, 0.2) is 0 Å². The number of halogens is 2. The van der Waals surface area contributed by atoms with Crippen LogP contribution in [0.25, 0.3) is 10.8 Å². The molecule has 4 aromatic rings. The maximum Gasteiger partial charge on any atom is 0.274 e. The van der Waals surface area contributed by atoms with E-state index in [2.05, 4.69) is 24.3 Å². The summed E-state index contributed by atoms with van der Waals surface area (Å²) in [4.78, 5) is 14.8. The van der Waals surface area contributed by atoms with Crippen LogP contribution in [0, 0.1) is 5.82 Å². The van der Waals surface area contributed by atoms with E-state index in [-0.39, 0.29) is 29.8 Å². The molecule has 3 aromatic carbocycles. The second kappa shape index (κ2) is 10.3. The number of piperidine rings is 1. The normalized spacial score (nSPS) is 18.1. The van der Waals surface area contributed by atoms with Crippen LogP contribution in [0.15, 0.2) is 83.7 Å². The van der Waals surface area contributed by atoms with Crippen LogP contribution < -0.4 is 22.9 Å². The van der Waals surface area contributed by atoms with E-state index in [1.807, 2.05) is 30.3 Å². The van der Waals surface area contributed by atoms with Crippen molar-refractivity contribution in [3.63, 3.8) is 0 Å². The first-order valence-electron chi connectivity index (χ1n) is 11.3. The Balaban J connectivity index is 0.00000259. The molecule has 0 bridgehead atoms. The SMILES string of the molecule is O=c1c2ccccc2c(Cc2ccc(F)cc2)nn1C1CC[NH+](Cc2ccccc2)CC1.[Cl-]. The third kappa shape index (κ3) is 5.15. The van der Waals surface area contributed by atoms with Crippen LogP contribution >= 0.6 is 0 Å². The summed E-state index contributed by atoms with van der Waals surface area (Å²) in [5, 5.41) is 6.44. The maximum absolute atomic E-state index is 13.3. The molecule has 6 heteroatoms. The topological polar surface area (TPSA) is 39.3 Å². The molecule has 1 aliphatic rings. The predicted octanol–water partition coefficient (Wildman–Crippen LogP) is 0.550. The Labute approximate surface area is 199 Å². The van der Waals surface area contributed by atoms with E-state index in [4.69, 9.17) is 5.10 Å². The molecule has 1 aliphatic heterocycles. The lowest BCUT2D eigenvalue weighted by Crippen LogP contribution is -3.11. The van der Waals surface area contributed by atoms with Crippen molar-refractivity contribution in [2.45, 2.75) is 31.8 Å². The van der Waals surface area contributed by atoms with Crippen molar-refractivity contribution in [3.8, 4) is 0 Å². The number of nitrogens with zero attached hydrogens (tertiary/aromatic N) is 2. The fraction of sp³-hybridized carbons (Fsp3) is 0.259.